The molecule has 1 aromatic carbocycles. The summed E-state index contributed by atoms with van der Waals surface area (Å²) in [6.07, 6.45) is 3.95. The average molecular weight is 313 g/mol. The van der Waals surface area contributed by atoms with Crippen LogP contribution in [0.4, 0.5) is 0 Å². The SMILES string of the molecule is Brc1ccc2oc(-c3cn4ccccc4n3)cc2c1. The Kier molecular flexibility index (Phi) is 2.26. The summed E-state index contributed by atoms with van der Waals surface area (Å²) >= 11 is 3.46. The Balaban J connectivity index is 1.93. The van der Waals surface area contributed by atoms with Crippen LogP contribution >= 0.6 is 15.9 Å². The van der Waals surface area contributed by atoms with Crippen LogP contribution in [0, 0.1) is 0 Å². The fourth-order valence-corrected chi connectivity index (χ4v) is 2.57. The van der Waals surface area contributed by atoms with E-state index < -0.39 is 0 Å². The summed E-state index contributed by atoms with van der Waals surface area (Å²) in [6, 6.07) is 13.9. The summed E-state index contributed by atoms with van der Waals surface area (Å²) in [5.74, 6) is 0.789. The quantitative estimate of drug-likeness (QED) is 0.517. The van der Waals surface area contributed by atoms with Gasteiger partial charge in [-0.3, -0.25) is 0 Å². The van der Waals surface area contributed by atoms with Gasteiger partial charge >= 0.3 is 0 Å². The number of benzene rings is 1. The Morgan fingerprint density at radius 2 is 2.05 bits per heavy atom. The van der Waals surface area contributed by atoms with E-state index in [1.54, 1.807) is 0 Å². The minimum absolute atomic E-state index is 0.789. The number of hydrogen-bond donors (Lipinski definition) is 0. The predicted octanol–water partition coefficient (Wildman–Crippen LogP) is 4.51. The van der Waals surface area contributed by atoms with Gasteiger partial charge < -0.3 is 8.82 Å². The summed E-state index contributed by atoms with van der Waals surface area (Å²) in [5.41, 5.74) is 2.63. The summed E-state index contributed by atoms with van der Waals surface area (Å²) in [7, 11) is 0. The fourth-order valence-electron chi connectivity index (χ4n) is 2.19. The molecule has 4 aromatic rings. The van der Waals surface area contributed by atoms with Crippen molar-refractivity contribution in [1.29, 1.82) is 0 Å². The predicted molar refractivity (Wildman–Crippen MR) is 78.1 cm³/mol. The average Bonchev–Trinajstić information content (AvgIpc) is 3.00. The molecule has 3 nitrogen and oxygen atoms in total. The van der Waals surface area contributed by atoms with Gasteiger partial charge in [0.1, 0.15) is 16.9 Å². The van der Waals surface area contributed by atoms with Crippen molar-refractivity contribution in [3.8, 4) is 11.5 Å². The molecule has 0 amide bonds. The van der Waals surface area contributed by atoms with Crippen molar-refractivity contribution < 1.29 is 4.42 Å². The second-order valence-electron chi connectivity index (χ2n) is 4.39. The molecule has 0 aliphatic heterocycles. The number of furan rings is 1. The van der Waals surface area contributed by atoms with Gasteiger partial charge in [-0.05, 0) is 36.4 Å². The van der Waals surface area contributed by atoms with E-state index >= 15 is 0 Å². The molecule has 0 unspecified atom stereocenters. The van der Waals surface area contributed by atoms with E-state index in [0.717, 1.165) is 32.5 Å². The van der Waals surface area contributed by atoms with Gasteiger partial charge in [0, 0.05) is 22.3 Å². The zero-order chi connectivity index (χ0) is 12.8. The lowest BCUT2D eigenvalue weighted by molar-refractivity contribution is 0.629. The van der Waals surface area contributed by atoms with Crippen LogP contribution < -0.4 is 0 Å². The minimum Gasteiger partial charge on any atom is -0.454 e. The van der Waals surface area contributed by atoms with Crippen molar-refractivity contribution in [2.45, 2.75) is 0 Å². The van der Waals surface area contributed by atoms with Crippen LogP contribution in [0.15, 0.2) is 63.7 Å². The maximum absolute atomic E-state index is 5.84. The Morgan fingerprint density at radius 1 is 1.11 bits per heavy atom. The highest BCUT2D eigenvalue weighted by Crippen LogP contribution is 2.29. The van der Waals surface area contributed by atoms with E-state index in [-0.39, 0.29) is 0 Å². The first kappa shape index (κ1) is 10.8. The van der Waals surface area contributed by atoms with Crippen LogP contribution in [-0.2, 0) is 0 Å². The number of pyridine rings is 1. The molecule has 0 saturated heterocycles. The monoisotopic (exact) mass is 312 g/mol. The molecule has 4 heteroatoms. The molecular weight excluding hydrogens is 304 g/mol. The Labute approximate surface area is 117 Å². The second-order valence-corrected chi connectivity index (χ2v) is 5.30. The van der Waals surface area contributed by atoms with Gasteiger partial charge in [-0.15, -0.1) is 0 Å². The largest absolute Gasteiger partial charge is 0.454 e. The third-order valence-electron chi connectivity index (χ3n) is 3.09. The molecule has 4 rings (SSSR count). The molecule has 0 saturated carbocycles. The van der Waals surface area contributed by atoms with E-state index in [9.17, 15) is 0 Å². The molecule has 0 N–H and O–H groups in total. The molecule has 19 heavy (non-hydrogen) atoms. The standard InChI is InChI=1S/C15H9BrN2O/c16-11-4-5-13-10(7-11)8-14(19-13)12-9-18-6-2-1-3-15(18)17-12/h1-9H. The zero-order valence-electron chi connectivity index (χ0n) is 9.88. The molecule has 0 radical (unpaired) electrons. The van der Waals surface area contributed by atoms with Gasteiger partial charge in [0.15, 0.2) is 5.76 Å². The van der Waals surface area contributed by atoms with E-state index in [2.05, 4.69) is 20.9 Å². The van der Waals surface area contributed by atoms with Crippen LogP contribution in [0.25, 0.3) is 28.1 Å². The summed E-state index contributed by atoms with van der Waals surface area (Å²) < 4.78 is 8.87. The maximum atomic E-state index is 5.84. The smallest absolute Gasteiger partial charge is 0.155 e. The normalized spacial score (nSPS) is 11.4. The van der Waals surface area contributed by atoms with Crippen molar-refractivity contribution in [3.05, 3.63) is 59.3 Å². The summed E-state index contributed by atoms with van der Waals surface area (Å²) in [5, 5.41) is 1.07. The molecule has 3 heterocycles. The number of hydrogen-bond acceptors (Lipinski definition) is 2. The number of fused-ring (bicyclic) bond motifs is 2. The number of aromatic nitrogens is 2. The van der Waals surface area contributed by atoms with Crippen LogP contribution in [-0.4, -0.2) is 9.38 Å². The van der Waals surface area contributed by atoms with Gasteiger partial charge in [0.25, 0.3) is 0 Å². The highest BCUT2D eigenvalue weighted by Gasteiger charge is 2.10. The molecule has 0 bridgehead atoms. The van der Waals surface area contributed by atoms with Gasteiger partial charge in [-0.1, -0.05) is 22.0 Å². The van der Waals surface area contributed by atoms with Crippen molar-refractivity contribution in [2.75, 3.05) is 0 Å². The van der Waals surface area contributed by atoms with Gasteiger partial charge in [-0.25, -0.2) is 4.98 Å². The van der Waals surface area contributed by atoms with Crippen LogP contribution in [0.3, 0.4) is 0 Å². The first-order valence-corrected chi connectivity index (χ1v) is 6.72. The molecule has 92 valence electrons. The molecule has 0 atom stereocenters. The highest BCUT2D eigenvalue weighted by atomic mass is 79.9. The number of nitrogens with zero attached hydrogens (tertiary/aromatic N) is 2. The van der Waals surface area contributed by atoms with Crippen molar-refractivity contribution in [3.63, 3.8) is 0 Å². The molecule has 0 aliphatic carbocycles. The molecule has 0 spiro atoms. The maximum Gasteiger partial charge on any atom is 0.155 e. The van der Waals surface area contributed by atoms with Crippen LogP contribution in [0.2, 0.25) is 0 Å². The van der Waals surface area contributed by atoms with Gasteiger partial charge in [0.2, 0.25) is 0 Å². The molecule has 3 aromatic heterocycles. The van der Waals surface area contributed by atoms with E-state index in [1.807, 2.05) is 59.3 Å². The second kappa shape index (κ2) is 3.96. The van der Waals surface area contributed by atoms with E-state index in [4.69, 9.17) is 4.42 Å². The lowest BCUT2D eigenvalue weighted by atomic mass is 10.2. The third kappa shape index (κ3) is 1.76. The Morgan fingerprint density at radius 3 is 2.95 bits per heavy atom. The first-order chi connectivity index (χ1) is 9.29. The lowest BCUT2D eigenvalue weighted by Crippen LogP contribution is -1.77. The first-order valence-electron chi connectivity index (χ1n) is 5.93. The number of halogens is 1. The van der Waals surface area contributed by atoms with Crippen molar-refractivity contribution in [2.24, 2.45) is 0 Å². The topological polar surface area (TPSA) is 30.4 Å². The van der Waals surface area contributed by atoms with E-state index in [1.165, 1.54) is 0 Å². The zero-order valence-corrected chi connectivity index (χ0v) is 11.5. The number of imidazole rings is 1. The highest BCUT2D eigenvalue weighted by molar-refractivity contribution is 9.10. The lowest BCUT2D eigenvalue weighted by Gasteiger charge is -1.88. The van der Waals surface area contributed by atoms with Crippen molar-refractivity contribution in [1.82, 2.24) is 9.38 Å². The molecule has 0 fully saturated rings. The third-order valence-corrected chi connectivity index (χ3v) is 3.59. The summed E-state index contributed by atoms with van der Waals surface area (Å²) in [6.45, 7) is 0. The van der Waals surface area contributed by atoms with Gasteiger partial charge in [0.05, 0.1) is 0 Å². The number of rotatable bonds is 1. The molecular formula is C15H9BrN2O. The van der Waals surface area contributed by atoms with Crippen LogP contribution in [0.5, 0.6) is 0 Å². The Hall–Kier alpha value is -2.07. The van der Waals surface area contributed by atoms with Gasteiger partial charge in [-0.2, -0.15) is 0 Å². The molecule has 0 aliphatic rings. The fraction of sp³-hybridized carbons (Fsp3) is 0. The van der Waals surface area contributed by atoms with E-state index in [0.29, 0.717) is 0 Å². The van der Waals surface area contributed by atoms with Crippen molar-refractivity contribution >= 4 is 32.5 Å². The Bertz CT molecular complexity index is 858. The minimum atomic E-state index is 0.789. The van der Waals surface area contributed by atoms with Crippen LogP contribution in [0.1, 0.15) is 0 Å². The summed E-state index contributed by atoms with van der Waals surface area (Å²) in [4.78, 5) is 4.56.